The average molecular weight is 292 g/mol. The number of hydrogen-bond donors (Lipinski definition) is 3. The van der Waals surface area contributed by atoms with Gasteiger partial charge in [0.05, 0.1) is 0 Å². The maximum atomic E-state index is 12.0. The number of aliphatic carboxylic acids is 1. The molecule has 2 unspecified atom stereocenters. The molecule has 1 aromatic carbocycles. The Bertz CT molecular complexity index is 480. The van der Waals surface area contributed by atoms with Gasteiger partial charge in [0.2, 0.25) is 5.91 Å². The third kappa shape index (κ3) is 6.40. The van der Waals surface area contributed by atoms with E-state index < -0.39 is 12.0 Å². The molecule has 1 amide bonds. The summed E-state index contributed by atoms with van der Waals surface area (Å²) < 4.78 is 0. The SMILES string of the molecule is CC(C)(C)CC(N)CC(=O)NC(C(=O)O)c1ccccc1. The number of benzene rings is 1. The molecule has 0 aliphatic carbocycles. The van der Waals surface area contributed by atoms with Gasteiger partial charge in [-0.2, -0.15) is 0 Å². The number of carbonyl (C=O) groups excluding carboxylic acids is 1. The summed E-state index contributed by atoms with van der Waals surface area (Å²) in [5.41, 5.74) is 6.52. The highest BCUT2D eigenvalue weighted by Gasteiger charge is 2.24. The lowest BCUT2D eigenvalue weighted by atomic mass is 9.87. The molecule has 0 saturated carbocycles. The van der Waals surface area contributed by atoms with E-state index in [-0.39, 0.29) is 23.8 Å². The van der Waals surface area contributed by atoms with E-state index in [0.717, 1.165) is 0 Å². The maximum absolute atomic E-state index is 12.0. The van der Waals surface area contributed by atoms with Crippen LogP contribution < -0.4 is 11.1 Å². The monoisotopic (exact) mass is 292 g/mol. The third-order valence-electron chi connectivity index (χ3n) is 3.01. The van der Waals surface area contributed by atoms with Crippen LogP contribution in [-0.4, -0.2) is 23.0 Å². The Morgan fingerprint density at radius 1 is 1.24 bits per heavy atom. The summed E-state index contributed by atoms with van der Waals surface area (Å²) in [7, 11) is 0. The van der Waals surface area contributed by atoms with Crippen LogP contribution in [0.25, 0.3) is 0 Å². The van der Waals surface area contributed by atoms with Crippen molar-refractivity contribution in [3.05, 3.63) is 35.9 Å². The Morgan fingerprint density at radius 2 is 1.81 bits per heavy atom. The molecule has 116 valence electrons. The van der Waals surface area contributed by atoms with E-state index in [2.05, 4.69) is 26.1 Å². The lowest BCUT2D eigenvalue weighted by molar-refractivity contribution is -0.142. The molecule has 1 aromatic rings. The van der Waals surface area contributed by atoms with E-state index in [1.54, 1.807) is 30.3 Å². The number of nitrogens with two attached hydrogens (primary N) is 1. The molecule has 0 heterocycles. The van der Waals surface area contributed by atoms with Gasteiger partial charge in [0.1, 0.15) is 0 Å². The molecule has 0 saturated heterocycles. The molecule has 0 fully saturated rings. The van der Waals surface area contributed by atoms with Gasteiger partial charge >= 0.3 is 5.97 Å². The topological polar surface area (TPSA) is 92.4 Å². The van der Waals surface area contributed by atoms with Crippen LogP contribution in [0.1, 0.15) is 45.2 Å². The van der Waals surface area contributed by atoms with Gasteiger partial charge in [0.15, 0.2) is 6.04 Å². The van der Waals surface area contributed by atoms with Crippen LogP contribution in [0.5, 0.6) is 0 Å². The fourth-order valence-corrected chi connectivity index (χ4v) is 2.25. The van der Waals surface area contributed by atoms with Crippen LogP contribution in [0.2, 0.25) is 0 Å². The highest BCUT2D eigenvalue weighted by Crippen LogP contribution is 2.21. The average Bonchev–Trinajstić information content (AvgIpc) is 2.34. The second-order valence-electron chi connectivity index (χ2n) is 6.48. The number of carboxylic acid groups (broad SMARTS) is 1. The van der Waals surface area contributed by atoms with Crippen molar-refractivity contribution in [1.29, 1.82) is 0 Å². The number of nitrogens with one attached hydrogen (secondary N) is 1. The number of carboxylic acids is 1. The Hall–Kier alpha value is -1.88. The van der Waals surface area contributed by atoms with Crippen molar-refractivity contribution in [3.63, 3.8) is 0 Å². The minimum Gasteiger partial charge on any atom is -0.479 e. The molecule has 5 nitrogen and oxygen atoms in total. The van der Waals surface area contributed by atoms with Gasteiger partial charge in [-0.3, -0.25) is 4.79 Å². The molecule has 2 atom stereocenters. The number of carbonyl (C=O) groups is 2. The van der Waals surface area contributed by atoms with Crippen LogP contribution in [0.15, 0.2) is 30.3 Å². The van der Waals surface area contributed by atoms with Crippen molar-refractivity contribution < 1.29 is 14.7 Å². The molecule has 21 heavy (non-hydrogen) atoms. The van der Waals surface area contributed by atoms with Gasteiger partial charge in [-0.15, -0.1) is 0 Å². The first-order chi connectivity index (χ1) is 9.69. The van der Waals surface area contributed by atoms with E-state index in [1.165, 1.54) is 0 Å². The zero-order valence-corrected chi connectivity index (χ0v) is 12.8. The van der Waals surface area contributed by atoms with Crippen molar-refractivity contribution in [2.75, 3.05) is 0 Å². The predicted octanol–water partition coefficient (Wildman–Crippen LogP) is 2.08. The van der Waals surface area contributed by atoms with Gasteiger partial charge < -0.3 is 16.2 Å². The largest absolute Gasteiger partial charge is 0.479 e. The molecule has 0 radical (unpaired) electrons. The Balaban J connectivity index is 2.64. The van der Waals surface area contributed by atoms with Crippen LogP contribution in [0.4, 0.5) is 0 Å². The normalized spacial score (nSPS) is 14.3. The molecule has 0 bridgehead atoms. The molecular formula is C16H24N2O3. The molecule has 0 aliphatic rings. The van der Waals surface area contributed by atoms with Crippen LogP contribution in [0.3, 0.4) is 0 Å². The standard InChI is InChI=1S/C16H24N2O3/c1-16(2,3)10-12(17)9-13(19)18-14(15(20)21)11-7-5-4-6-8-11/h4-8,12,14H,9-10,17H2,1-3H3,(H,18,19)(H,20,21). The molecule has 4 N–H and O–H groups in total. The Labute approximate surface area is 125 Å². The summed E-state index contributed by atoms with van der Waals surface area (Å²) in [6.45, 7) is 6.15. The van der Waals surface area contributed by atoms with Crippen LogP contribution >= 0.6 is 0 Å². The first-order valence-electron chi connectivity index (χ1n) is 7.02. The minimum absolute atomic E-state index is 0.0331. The smallest absolute Gasteiger partial charge is 0.330 e. The number of amides is 1. The molecule has 0 aliphatic heterocycles. The van der Waals surface area contributed by atoms with Crippen molar-refractivity contribution in [1.82, 2.24) is 5.32 Å². The summed E-state index contributed by atoms with van der Waals surface area (Å²) in [6, 6.07) is 7.30. The predicted molar refractivity (Wildman–Crippen MR) is 81.6 cm³/mol. The summed E-state index contributed by atoms with van der Waals surface area (Å²) >= 11 is 0. The van der Waals surface area contributed by atoms with E-state index in [9.17, 15) is 14.7 Å². The Morgan fingerprint density at radius 3 is 2.29 bits per heavy atom. The molecular weight excluding hydrogens is 268 g/mol. The third-order valence-corrected chi connectivity index (χ3v) is 3.01. The lowest BCUT2D eigenvalue weighted by Crippen LogP contribution is -2.38. The van der Waals surface area contributed by atoms with Crippen LogP contribution in [0, 0.1) is 5.41 Å². The maximum Gasteiger partial charge on any atom is 0.330 e. The number of hydrogen-bond acceptors (Lipinski definition) is 3. The molecule has 0 spiro atoms. The van der Waals surface area contributed by atoms with Crippen molar-refractivity contribution >= 4 is 11.9 Å². The summed E-state index contributed by atoms with van der Waals surface area (Å²) in [5, 5.41) is 11.8. The molecule has 0 aromatic heterocycles. The van der Waals surface area contributed by atoms with Gasteiger partial charge in [-0.1, -0.05) is 51.1 Å². The first kappa shape index (κ1) is 17.2. The summed E-state index contributed by atoms with van der Waals surface area (Å²) in [5.74, 6) is -1.43. The summed E-state index contributed by atoms with van der Waals surface area (Å²) in [4.78, 5) is 23.3. The first-order valence-corrected chi connectivity index (χ1v) is 7.02. The van der Waals surface area contributed by atoms with Crippen LogP contribution in [-0.2, 0) is 9.59 Å². The van der Waals surface area contributed by atoms with Gasteiger partial charge in [0.25, 0.3) is 0 Å². The fraction of sp³-hybridized carbons (Fsp3) is 0.500. The highest BCUT2D eigenvalue weighted by atomic mass is 16.4. The van der Waals surface area contributed by atoms with Crippen molar-refractivity contribution in [2.24, 2.45) is 11.1 Å². The second-order valence-corrected chi connectivity index (χ2v) is 6.48. The van der Waals surface area contributed by atoms with Gasteiger partial charge in [-0.05, 0) is 17.4 Å². The highest BCUT2D eigenvalue weighted by molar-refractivity contribution is 5.84. The quantitative estimate of drug-likeness (QED) is 0.748. The van der Waals surface area contributed by atoms with E-state index in [1.807, 2.05) is 0 Å². The number of rotatable bonds is 6. The van der Waals surface area contributed by atoms with Crippen molar-refractivity contribution in [2.45, 2.75) is 45.7 Å². The van der Waals surface area contributed by atoms with E-state index in [4.69, 9.17) is 5.73 Å². The van der Waals surface area contributed by atoms with Crippen molar-refractivity contribution in [3.8, 4) is 0 Å². The minimum atomic E-state index is -1.08. The zero-order valence-electron chi connectivity index (χ0n) is 12.8. The van der Waals surface area contributed by atoms with Gasteiger partial charge in [0, 0.05) is 12.5 Å². The molecule has 1 rings (SSSR count). The van der Waals surface area contributed by atoms with E-state index >= 15 is 0 Å². The molecule has 5 heteroatoms. The lowest BCUT2D eigenvalue weighted by Gasteiger charge is -2.23. The second kappa shape index (κ2) is 7.22. The van der Waals surface area contributed by atoms with Gasteiger partial charge in [-0.25, -0.2) is 4.79 Å². The fourth-order valence-electron chi connectivity index (χ4n) is 2.25. The summed E-state index contributed by atoms with van der Waals surface area (Å²) in [6.07, 6.45) is 0.817. The zero-order chi connectivity index (χ0) is 16.0. The Kier molecular flexibility index (Phi) is 5.90. The van der Waals surface area contributed by atoms with E-state index in [0.29, 0.717) is 12.0 Å².